The Kier molecular flexibility index (Phi) is 5.55. The van der Waals surface area contributed by atoms with Crippen LogP contribution in [0.1, 0.15) is 59.6 Å². The molecule has 0 aliphatic rings. The molecule has 3 heteroatoms. The molecule has 106 valence electrons. The van der Waals surface area contributed by atoms with E-state index in [-0.39, 0.29) is 6.42 Å². The molecule has 0 radical (unpaired) electrons. The van der Waals surface area contributed by atoms with Gasteiger partial charge < -0.3 is 10.2 Å². The van der Waals surface area contributed by atoms with Crippen LogP contribution in [-0.4, -0.2) is 16.2 Å². The summed E-state index contributed by atoms with van der Waals surface area (Å²) in [4.78, 5) is 10.4. The maximum absolute atomic E-state index is 10.4. The van der Waals surface area contributed by atoms with Crippen LogP contribution in [-0.2, 0) is 4.79 Å². The highest BCUT2D eigenvalue weighted by Gasteiger charge is 2.16. The van der Waals surface area contributed by atoms with Crippen LogP contribution in [0.4, 0.5) is 0 Å². The molecule has 1 aromatic rings. The fraction of sp³-hybridized carbons (Fsp3) is 0.562. The molecule has 1 aromatic carbocycles. The number of carboxylic acids is 1. The molecule has 0 amide bonds. The zero-order chi connectivity index (χ0) is 14.6. The van der Waals surface area contributed by atoms with Gasteiger partial charge in [-0.15, -0.1) is 0 Å². The van der Waals surface area contributed by atoms with Crippen molar-refractivity contribution in [2.75, 3.05) is 0 Å². The molecule has 0 heterocycles. The zero-order valence-electron chi connectivity index (χ0n) is 12.3. The van der Waals surface area contributed by atoms with Crippen LogP contribution in [0.15, 0.2) is 6.07 Å². The minimum Gasteiger partial charge on any atom is -0.481 e. The molecule has 1 unspecified atom stereocenters. The predicted molar refractivity (Wildman–Crippen MR) is 76.5 cm³/mol. The van der Waals surface area contributed by atoms with Gasteiger partial charge in [0.15, 0.2) is 0 Å². The standard InChI is InChI=1S/C16H24O3/c1-10-9-11(2)13(4)16(12(10)3)14(17)7-5-6-8-15(18)19/h9,14,17H,5-8H2,1-4H3,(H,18,19). The molecule has 0 fully saturated rings. The largest absolute Gasteiger partial charge is 0.481 e. The normalized spacial score (nSPS) is 12.5. The monoisotopic (exact) mass is 264 g/mol. The molecule has 0 aromatic heterocycles. The van der Waals surface area contributed by atoms with Crippen LogP contribution >= 0.6 is 0 Å². The fourth-order valence-electron chi connectivity index (χ4n) is 2.51. The van der Waals surface area contributed by atoms with E-state index in [1.165, 1.54) is 11.1 Å². The van der Waals surface area contributed by atoms with E-state index in [1.807, 2.05) is 13.8 Å². The molecule has 3 nitrogen and oxygen atoms in total. The van der Waals surface area contributed by atoms with E-state index in [0.29, 0.717) is 12.8 Å². The first-order valence-electron chi connectivity index (χ1n) is 6.81. The molecule has 2 N–H and O–H groups in total. The van der Waals surface area contributed by atoms with Gasteiger partial charge in [-0.1, -0.05) is 6.07 Å². The Morgan fingerprint density at radius 1 is 1.11 bits per heavy atom. The van der Waals surface area contributed by atoms with Crippen LogP contribution in [0.3, 0.4) is 0 Å². The van der Waals surface area contributed by atoms with Gasteiger partial charge in [-0.05, 0) is 74.8 Å². The Balaban J connectivity index is 2.76. The van der Waals surface area contributed by atoms with Crippen LogP contribution in [0, 0.1) is 27.7 Å². The van der Waals surface area contributed by atoms with Gasteiger partial charge in [0.1, 0.15) is 0 Å². The second kappa shape index (κ2) is 6.71. The van der Waals surface area contributed by atoms with Gasteiger partial charge in [-0.25, -0.2) is 0 Å². The third-order valence-electron chi connectivity index (χ3n) is 3.88. The van der Waals surface area contributed by atoms with Gasteiger partial charge in [-0.2, -0.15) is 0 Å². The van der Waals surface area contributed by atoms with E-state index in [9.17, 15) is 9.90 Å². The second-order valence-electron chi connectivity index (χ2n) is 5.33. The molecule has 19 heavy (non-hydrogen) atoms. The first-order valence-corrected chi connectivity index (χ1v) is 6.81. The van der Waals surface area contributed by atoms with Crippen molar-refractivity contribution < 1.29 is 15.0 Å². The average Bonchev–Trinajstić information content (AvgIpc) is 2.32. The number of aliphatic hydroxyl groups excluding tert-OH is 1. The topological polar surface area (TPSA) is 57.5 Å². The smallest absolute Gasteiger partial charge is 0.303 e. The number of hydrogen-bond acceptors (Lipinski definition) is 2. The van der Waals surface area contributed by atoms with Crippen molar-refractivity contribution in [1.29, 1.82) is 0 Å². The Morgan fingerprint density at radius 3 is 2.11 bits per heavy atom. The molecule has 0 aliphatic heterocycles. The average molecular weight is 264 g/mol. The molecule has 0 saturated carbocycles. The molecular formula is C16H24O3. The van der Waals surface area contributed by atoms with Crippen molar-refractivity contribution in [3.63, 3.8) is 0 Å². The third-order valence-corrected chi connectivity index (χ3v) is 3.88. The lowest BCUT2D eigenvalue weighted by molar-refractivity contribution is -0.137. The summed E-state index contributed by atoms with van der Waals surface area (Å²) in [6.45, 7) is 8.19. The first-order chi connectivity index (χ1) is 8.84. The summed E-state index contributed by atoms with van der Waals surface area (Å²) in [5.41, 5.74) is 5.71. The Morgan fingerprint density at radius 2 is 1.63 bits per heavy atom. The third kappa shape index (κ3) is 4.06. The number of benzene rings is 1. The lowest BCUT2D eigenvalue weighted by atomic mass is 9.89. The summed E-state index contributed by atoms with van der Waals surface area (Å²) in [6, 6.07) is 2.14. The Labute approximate surface area is 115 Å². The highest BCUT2D eigenvalue weighted by Crippen LogP contribution is 2.30. The highest BCUT2D eigenvalue weighted by molar-refractivity contribution is 5.66. The first kappa shape index (κ1) is 15.7. The molecule has 0 spiro atoms. The van der Waals surface area contributed by atoms with Crippen molar-refractivity contribution in [2.24, 2.45) is 0 Å². The number of rotatable bonds is 6. The number of carboxylic acid groups (broad SMARTS) is 1. The van der Waals surface area contributed by atoms with Crippen molar-refractivity contribution in [3.05, 3.63) is 33.9 Å². The number of aliphatic carboxylic acids is 1. The van der Waals surface area contributed by atoms with Gasteiger partial charge in [-0.3, -0.25) is 4.79 Å². The maximum atomic E-state index is 10.4. The number of aryl methyl sites for hydroxylation is 2. The van der Waals surface area contributed by atoms with Crippen molar-refractivity contribution in [1.82, 2.24) is 0 Å². The number of hydrogen-bond donors (Lipinski definition) is 2. The van der Waals surface area contributed by atoms with Crippen LogP contribution in [0.2, 0.25) is 0 Å². The Hall–Kier alpha value is -1.35. The van der Waals surface area contributed by atoms with E-state index >= 15 is 0 Å². The zero-order valence-corrected chi connectivity index (χ0v) is 12.3. The Bertz CT molecular complexity index is 437. The lowest BCUT2D eigenvalue weighted by Gasteiger charge is -2.20. The molecular weight excluding hydrogens is 240 g/mol. The van der Waals surface area contributed by atoms with E-state index in [1.54, 1.807) is 0 Å². The van der Waals surface area contributed by atoms with Gasteiger partial charge in [0, 0.05) is 6.42 Å². The number of carbonyl (C=O) groups is 1. The van der Waals surface area contributed by atoms with E-state index in [2.05, 4.69) is 19.9 Å². The van der Waals surface area contributed by atoms with Crippen LogP contribution in [0.5, 0.6) is 0 Å². The molecule has 0 aliphatic carbocycles. The minimum absolute atomic E-state index is 0.178. The van der Waals surface area contributed by atoms with Crippen molar-refractivity contribution in [3.8, 4) is 0 Å². The molecule has 0 saturated heterocycles. The highest BCUT2D eigenvalue weighted by atomic mass is 16.4. The summed E-state index contributed by atoms with van der Waals surface area (Å²) in [6.07, 6.45) is 1.66. The van der Waals surface area contributed by atoms with E-state index < -0.39 is 12.1 Å². The summed E-state index contributed by atoms with van der Waals surface area (Å²) < 4.78 is 0. The summed E-state index contributed by atoms with van der Waals surface area (Å²) in [7, 11) is 0. The quantitative estimate of drug-likeness (QED) is 0.772. The van der Waals surface area contributed by atoms with Crippen LogP contribution in [0.25, 0.3) is 0 Å². The van der Waals surface area contributed by atoms with Gasteiger partial charge in [0.25, 0.3) is 0 Å². The van der Waals surface area contributed by atoms with Gasteiger partial charge >= 0.3 is 5.97 Å². The molecule has 0 bridgehead atoms. The fourth-order valence-corrected chi connectivity index (χ4v) is 2.51. The maximum Gasteiger partial charge on any atom is 0.303 e. The number of unbranched alkanes of at least 4 members (excludes halogenated alkanes) is 1. The van der Waals surface area contributed by atoms with Crippen molar-refractivity contribution >= 4 is 5.97 Å². The predicted octanol–water partition coefficient (Wildman–Crippen LogP) is 3.60. The summed E-state index contributed by atoms with van der Waals surface area (Å²) >= 11 is 0. The molecule has 1 atom stereocenters. The van der Waals surface area contributed by atoms with Crippen molar-refractivity contribution in [2.45, 2.75) is 59.5 Å². The SMILES string of the molecule is Cc1cc(C)c(C)c(C(O)CCCCC(=O)O)c1C. The minimum atomic E-state index is -0.770. The summed E-state index contributed by atoms with van der Waals surface area (Å²) in [5, 5.41) is 18.9. The molecule has 1 rings (SSSR count). The van der Waals surface area contributed by atoms with E-state index in [4.69, 9.17) is 5.11 Å². The number of aliphatic hydroxyl groups is 1. The van der Waals surface area contributed by atoms with Crippen LogP contribution < -0.4 is 0 Å². The van der Waals surface area contributed by atoms with Gasteiger partial charge in [0.05, 0.1) is 6.10 Å². The van der Waals surface area contributed by atoms with E-state index in [0.717, 1.165) is 23.1 Å². The lowest BCUT2D eigenvalue weighted by Crippen LogP contribution is -2.06. The second-order valence-corrected chi connectivity index (χ2v) is 5.33. The van der Waals surface area contributed by atoms with Gasteiger partial charge in [0.2, 0.25) is 0 Å². The summed E-state index contributed by atoms with van der Waals surface area (Å²) in [5.74, 6) is -0.770.